The first kappa shape index (κ1) is 19.7. The van der Waals surface area contributed by atoms with Crippen molar-refractivity contribution in [3.63, 3.8) is 0 Å². The number of nitrogens with one attached hydrogen (secondary N) is 3. The Labute approximate surface area is 173 Å². The first-order valence-corrected chi connectivity index (χ1v) is 9.71. The number of piperazine rings is 1. The summed E-state index contributed by atoms with van der Waals surface area (Å²) in [6.45, 7) is 5.02. The van der Waals surface area contributed by atoms with Gasteiger partial charge in [-0.15, -0.1) is 0 Å². The molecule has 1 unspecified atom stereocenters. The largest absolute Gasteiger partial charge is 0.357 e. The summed E-state index contributed by atoms with van der Waals surface area (Å²) in [5.41, 5.74) is 1.94. The van der Waals surface area contributed by atoms with Gasteiger partial charge >= 0.3 is 0 Å². The van der Waals surface area contributed by atoms with E-state index < -0.39 is 0 Å². The summed E-state index contributed by atoms with van der Waals surface area (Å²) < 4.78 is 14.1. The first-order chi connectivity index (χ1) is 14.5. The standard InChI is InChI=1S/C20H23FN8O/c1-11-15(21)5-4-13-8-14(12(2)26-20-25-10-24-19(22-3)28-20)18(27-17(11)13)29-7-6-23-16(30)9-29/h4-5,8,10,12H,6-7,9H2,1-3H3,(H,23,30)(H2,22,24,25,26,28). The van der Waals surface area contributed by atoms with Crippen molar-refractivity contribution in [2.75, 3.05) is 42.2 Å². The molecule has 10 heteroatoms. The number of pyridine rings is 1. The summed E-state index contributed by atoms with van der Waals surface area (Å²) in [6.07, 6.45) is 1.43. The highest BCUT2D eigenvalue weighted by molar-refractivity contribution is 5.87. The molecule has 156 valence electrons. The monoisotopic (exact) mass is 410 g/mol. The lowest BCUT2D eigenvalue weighted by Gasteiger charge is -2.31. The van der Waals surface area contributed by atoms with Crippen LogP contribution in [-0.4, -0.2) is 52.5 Å². The van der Waals surface area contributed by atoms with Crippen molar-refractivity contribution >= 4 is 34.5 Å². The summed E-state index contributed by atoms with van der Waals surface area (Å²) in [5, 5.41) is 9.80. The van der Waals surface area contributed by atoms with Gasteiger partial charge in [0.25, 0.3) is 0 Å². The molecule has 1 aromatic carbocycles. The molecular formula is C20H23FN8O. The number of carbonyl (C=O) groups is 1. The van der Waals surface area contributed by atoms with Gasteiger partial charge in [-0.3, -0.25) is 4.79 Å². The number of amides is 1. The zero-order valence-electron chi connectivity index (χ0n) is 17.0. The van der Waals surface area contributed by atoms with Gasteiger partial charge in [0.15, 0.2) is 0 Å². The number of carbonyl (C=O) groups excluding carboxylic acids is 1. The molecule has 2 aromatic heterocycles. The minimum atomic E-state index is -0.305. The van der Waals surface area contributed by atoms with Crippen molar-refractivity contribution in [1.29, 1.82) is 0 Å². The Bertz CT molecular complexity index is 1110. The van der Waals surface area contributed by atoms with Crippen LogP contribution in [0.15, 0.2) is 24.5 Å². The van der Waals surface area contributed by atoms with E-state index in [1.807, 2.05) is 17.9 Å². The number of fused-ring (bicyclic) bond motifs is 1. The average Bonchev–Trinajstić information content (AvgIpc) is 2.75. The molecule has 1 saturated heterocycles. The van der Waals surface area contributed by atoms with E-state index in [1.165, 1.54) is 12.4 Å². The van der Waals surface area contributed by atoms with Crippen LogP contribution in [0.3, 0.4) is 0 Å². The van der Waals surface area contributed by atoms with Crippen molar-refractivity contribution in [3.05, 3.63) is 41.5 Å². The highest BCUT2D eigenvalue weighted by Crippen LogP contribution is 2.32. The van der Waals surface area contributed by atoms with Gasteiger partial charge in [0.2, 0.25) is 17.8 Å². The topological polar surface area (TPSA) is 108 Å². The number of hydrogen-bond donors (Lipinski definition) is 3. The van der Waals surface area contributed by atoms with Crippen LogP contribution in [0, 0.1) is 12.7 Å². The second kappa shape index (κ2) is 8.05. The zero-order valence-corrected chi connectivity index (χ0v) is 17.0. The quantitative estimate of drug-likeness (QED) is 0.586. The fraction of sp³-hybridized carbons (Fsp3) is 0.350. The fourth-order valence-electron chi connectivity index (χ4n) is 3.51. The van der Waals surface area contributed by atoms with Gasteiger partial charge in [0, 0.05) is 36.7 Å². The van der Waals surface area contributed by atoms with Gasteiger partial charge in [-0.2, -0.15) is 4.98 Å². The Morgan fingerprint density at radius 3 is 2.80 bits per heavy atom. The molecule has 9 nitrogen and oxygen atoms in total. The Balaban J connectivity index is 1.78. The van der Waals surface area contributed by atoms with E-state index in [1.54, 1.807) is 20.0 Å². The number of halogens is 1. The molecule has 1 atom stereocenters. The molecule has 4 rings (SSSR count). The number of aromatic nitrogens is 4. The molecule has 1 aliphatic rings. The summed E-state index contributed by atoms with van der Waals surface area (Å²) in [5.74, 6) is 1.15. The van der Waals surface area contributed by atoms with Gasteiger partial charge in [-0.05, 0) is 32.0 Å². The normalized spacial score (nSPS) is 15.1. The smallest absolute Gasteiger partial charge is 0.239 e. The number of nitrogens with zero attached hydrogens (tertiary/aromatic N) is 5. The van der Waals surface area contributed by atoms with E-state index in [-0.39, 0.29) is 24.3 Å². The molecule has 0 spiro atoms. The van der Waals surface area contributed by atoms with E-state index in [0.717, 1.165) is 10.9 Å². The Hall–Kier alpha value is -3.56. The molecule has 1 amide bonds. The third-order valence-electron chi connectivity index (χ3n) is 5.13. The maximum Gasteiger partial charge on any atom is 0.239 e. The number of aryl methyl sites for hydroxylation is 1. The first-order valence-electron chi connectivity index (χ1n) is 9.71. The minimum Gasteiger partial charge on any atom is -0.357 e. The zero-order chi connectivity index (χ0) is 21.3. The van der Waals surface area contributed by atoms with E-state index >= 15 is 0 Å². The maximum absolute atomic E-state index is 14.1. The van der Waals surface area contributed by atoms with Crippen LogP contribution in [0.5, 0.6) is 0 Å². The van der Waals surface area contributed by atoms with Crippen LogP contribution >= 0.6 is 0 Å². The molecular weight excluding hydrogens is 387 g/mol. The summed E-state index contributed by atoms with van der Waals surface area (Å²) in [6, 6.07) is 4.92. The number of anilines is 3. The molecule has 1 aliphatic heterocycles. The van der Waals surface area contributed by atoms with Crippen LogP contribution < -0.4 is 20.9 Å². The van der Waals surface area contributed by atoms with Gasteiger partial charge in [0.1, 0.15) is 18.0 Å². The highest BCUT2D eigenvalue weighted by atomic mass is 19.1. The molecule has 3 heterocycles. The lowest BCUT2D eigenvalue weighted by Crippen LogP contribution is -2.48. The van der Waals surface area contributed by atoms with Crippen molar-refractivity contribution in [2.24, 2.45) is 0 Å². The third-order valence-corrected chi connectivity index (χ3v) is 5.13. The van der Waals surface area contributed by atoms with E-state index in [0.29, 0.717) is 41.9 Å². The summed E-state index contributed by atoms with van der Waals surface area (Å²) >= 11 is 0. The second-order valence-electron chi connectivity index (χ2n) is 7.17. The highest BCUT2D eigenvalue weighted by Gasteiger charge is 2.24. The van der Waals surface area contributed by atoms with Crippen molar-refractivity contribution in [1.82, 2.24) is 25.3 Å². The predicted octanol–water partition coefficient (Wildman–Crippen LogP) is 2.02. The summed E-state index contributed by atoms with van der Waals surface area (Å²) in [4.78, 5) is 31.2. The molecule has 1 fully saturated rings. The molecule has 3 N–H and O–H groups in total. The van der Waals surface area contributed by atoms with Crippen LogP contribution in [0.1, 0.15) is 24.1 Å². The Morgan fingerprint density at radius 2 is 2.03 bits per heavy atom. The Morgan fingerprint density at radius 1 is 1.23 bits per heavy atom. The van der Waals surface area contributed by atoms with Crippen LogP contribution in [0.4, 0.5) is 22.1 Å². The van der Waals surface area contributed by atoms with E-state index in [9.17, 15) is 9.18 Å². The number of benzene rings is 1. The predicted molar refractivity (Wildman–Crippen MR) is 113 cm³/mol. The van der Waals surface area contributed by atoms with Gasteiger partial charge in [-0.1, -0.05) is 0 Å². The summed E-state index contributed by atoms with van der Waals surface area (Å²) in [7, 11) is 1.73. The second-order valence-corrected chi connectivity index (χ2v) is 7.17. The van der Waals surface area contributed by atoms with Crippen molar-refractivity contribution in [2.45, 2.75) is 19.9 Å². The molecule has 0 saturated carbocycles. The number of hydrogen-bond acceptors (Lipinski definition) is 8. The van der Waals surface area contributed by atoms with Gasteiger partial charge in [-0.25, -0.2) is 19.3 Å². The van der Waals surface area contributed by atoms with Crippen LogP contribution in [0.2, 0.25) is 0 Å². The lowest BCUT2D eigenvalue weighted by atomic mass is 10.0. The van der Waals surface area contributed by atoms with Crippen molar-refractivity contribution in [3.8, 4) is 0 Å². The molecule has 0 aliphatic carbocycles. The Kier molecular flexibility index (Phi) is 5.30. The lowest BCUT2D eigenvalue weighted by molar-refractivity contribution is -0.120. The molecule has 0 radical (unpaired) electrons. The number of rotatable bonds is 5. The SMILES string of the molecule is CNc1ncnc(NC(C)c2cc3ccc(F)c(C)c3nc2N2CCNC(=O)C2)n1. The molecule has 0 bridgehead atoms. The third kappa shape index (κ3) is 3.80. The minimum absolute atomic E-state index is 0.0678. The van der Waals surface area contributed by atoms with Gasteiger partial charge in [0.05, 0.1) is 18.1 Å². The molecule has 30 heavy (non-hydrogen) atoms. The van der Waals surface area contributed by atoms with Crippen LogP contribution in [-0.2, 0) is 4.79 Å². The van der Waals surface area contributed by atoms with Crippen LogP contribution in [0.25, 0.3) is 10.9 Å². The van der Waals surface area contributed by atoms with E-state index in [2.05, 4.69) is 30.9 Å². The van der Waals surface area contributed by atoms with Crippen molar-refractivity contribution < 1.29 is 9.18 Å². The molecule has 3 aromatic rings. The van der Waals surface area contributed by atoms with Gasteiger partial charge < -0.3 is 20.9 Å². The maximum atomic E-state index is 14.1. The van der Waals surface area contributed by atoms with E-state index in [4.69, 9.17) is 4.98 Å². The fourth-order valence-corrected chi connectivity index (χ4v) is 3.51. The average molecular weight is 410 g/mol.